The first-order valence-corrected chi connectivity index (χ1v) is 6.98. The highest BCUT2D eigenvalue weighted by molar-refractivity contribution is 5.83. The molecule has 3 aromatic rings. The Balaban J connectivity index is 1.60. The minimum atomic E-state index is -0.496. The molecule has 0 aliphatic rings. The summed E-state index contributed by atoms with van der Waals surface area (Å²) in [5.74, 6) is -0.406. The molecule has 1 aromatic heterocycles. The van der Waals surface area contributed by atoms with Crippen LogP contribution in [0.3, 0.4) is 0 Å². The van der Waals surface area contributed by atoms with Crippen molar-refractivity contribution in [2.24, 2.45) is 5.10 Å². The van der Waals surface area contributed by atoms with Crippen molar-refractivity contribution < 1.29 is 9.72 Å². The Bertz CT molecular complexity index is 901. The molecular formula is C15H12N6O3. The Morgan fingerprint density at radius 3 is 2.58 bits per heavy atom. The van der Waals surface area contributed by atoms with Crippen molar-refractivity contribution in [3.63, 3.8) is 0 Å². The van der Waals surface area contributed by atoms with Gasteiger partial charge < -0.3 is 0 Å². The van der Waals surface area contributed by atoms with Gasteiger partial charge in [-0.15, -0.1) is 0 Å². The van der Waals surface area contributed by atoms with Crippen molar-refractivity contribution in [3.8, 4) is 0 Å². The molecule has 0 saturated carbocycles. The second kappa shape index (κ2) is 6.65. The number of fused-ring (bicyclic) bond motifs is 1. The van der Waals surface area contributed by atoms with Gasteiger partial charge in [-0.2, -0.15) is 20.1 Å². The summed E-state index contributed by atoms with van der Waals surface area (Å²) in [6.07, 6.45) is 1.33. The number of hydrazone groups is 1. The molecule has 0 aliphatic carbocycles. The van der Waals surface area contributed by atoms with Crippen LogP contribution in [0, 0.1) is 10.1 Å². The third-order valence-corrected chi connectivity index (χ3v) is 3.10. The van der Waals surface area contributed by atoms with Gasteiger partial charge in [0.2, 0.25) is 0 Å². The fraction of sp³-hybridized carbons (Fsp3) is 0.0667. The molecule has 0 radical (unpaired) electrons. The zero-order valence-corrected chi connectivity index (χ0v) is 12.4. The van der Waals surface area contributed by atoms with Crippen molar-refractivity contribution in [1.82, 2.24) is 20.4 Å². The molecule has 0 unspecified atom stereocenters. The van der Waals surface area contributed by atoms with Crippen LogP contribution in [-0.2, 0) is 11.3 Å². The van der Waals surface area contributed by atoms with Crippen LogP contribution in [0.4, 0.5) is 5.69 Å². The SMILES string of the molecule is O=C(Cn1nc2ccccc2n1)N/N=C/c1cccc([N+](=O)[O-])c1. The van der Waals surface area contributed by atoms with Crippen LogP contribution in [-0.4, -0.2) is 32.0 Å². The Kier molecular flexibility index (Phi) is 4.23. The Morgan fingerprint density at radius 1 is 1.21 bits per heavy atom. The first-order chi connectivity index (χ1) is 11.6. The van der Waals surface area contributed by atoms with Crippen molar-refractivity contribution >= 4 is 28.8 Å². The average Bonchev–Trinajstić information content (AvgIpc) is 2.97. The number of nitrogens with one attached hydrogen (secondary N) is 1. The van der Waals surface area contributed by atoms with E-state index in [1.165, 1.54) is 23.1 Å². The minimum Gasteiger partial charge on any atom is -0.271 e. The molecule has 0 saturated heterocycles. The number of carbonyl (C=O) groups is 1. The van der Waals surface area contributed by atoms with E-state index in [-0.39, 0.29) is 12.2 Å². The number of non-ortho nitro benzene ring substituents is 1. The lowest BCUT2D eigenvalue weighted by atomic mass is 10.2. The lowest BCUT2D eigenvalue weighted by Crippen LogP contribution is -2.24. The summed E-state index contributed by atoms with van der Waals surface area (Å²) in [5.41, 5.74) is 4.19. The van der Waals surface area contributed by atoms with Crippen molar-refractivity contribution in [1.29, 1.82) is 0 Å². The normalized spacial score (nSPS) is 11.0. The van der Waals surface area contributed by atoms with E-state index in [2.05, 4.69) is 20.7 Å². The molecular weight excluding hydrogens is 312 g/mol. The van der Waals surface area contributed by atoms with E-state index in [9.17, 15) is 14.9 Å². The number of carbonyl (C=O) groups excluding carboxylic acids is 1. The number of rotatable bonds is 5. The van der Waals surface area contributed by atoms with E-state index in [0.29, 0.717) is 16.6 Å². The summed E-state index contributed by atoms with van der Waals surface area (Å²) < 4.78 is 0. The van der Waals surface area contributed by atoms with Crippen molar-refractivity contribution in [2.75, 3.05) is 0 Å². The van der Waals surface area contributed by atoms with Crippen molar-refractivity contribution in [2.45, 2.75) is 6.54 Å². The van der Waals surface area contributed by atoms with E-state index in [4.69, 9.17) is 0 Å². The van der Waals surface area contributed by atoms with Gasteiger partial charge in [0.25, 0.3) is 11.6 Å². The molecule has 9 heteroatoms. The molecule has 0 bridgehead atoms. The van der Waals surface area contributed by atoms with Crippen LogP contribution >= 0.6 is 0 Å². The largest absolute Gasteiger partial charge is 0.271 e. The van der Waals surface area contributed by atoms with Gasteiger partial charge in [0, 0.05) is 17.7 Å². The summed E-state index contributed by atoms with van der Waals surface area (Å²) >= 11 is 0. The predicted molar refractivity (Wildman–Crippen MR) is 86.4 cm³/mol. The van der Waals surface area contributed by atoms with Crippen molar-refractivity contribution in [3.05, 3.63) is 64.2 Å². The smallest absolute Gasteiger partial charge is 0.270 e. The highest BCUT2D eigenvalue weighted by Crippen LogP contribution is 2.11. The zero-order chi connectivity index (χ0) is 16.9. The van der Waals surface area contributed by atoms with Crippen LogP contribution in [0.15, 0.2) is 53.6 Å². The van der Waals surface area contributed by atoms with Gasteiger partial charge in [0.1, 0.15) is 17.6 Å². The molecule has 1 amide bonds. The number of benzene rings is 2. The van der Waals surface area contributed by atoms with E-state index in [1.54, 1.807) is 24.3 Å². The maximum Gasteiger partial charge on any atom is 0.270 e. The number of nitrogens with zero attached hydrogens (tertiary/aromatic N) is 5. The Labute approximate surface area is 135 Å². The highest BCUT2D eigenvalue weighted by Gasteiger charge is 2.07. The van der Waals surface area contributed by atoms with Gasteiger partial charge in [-0.05, 0) is 12.1 Å². The standard InChI is InChI=1S/C15H12N6O3/c22-15(10-20-18-13-6-1-2-7-14(13)19-20)17-16-9-11-4-3-5-12(8-11)21(23)24/h1-9H,10H2,(H,17,22)/b16-9+. The average molecular weight is 324 g/mol. The Morgan fingerprint density at radius 2 is 1.92 bits per heavy atom. The third-order valence-electron chi connectivity index (χ3n) is 3.10. The molecule has 0 fully saturated rings. The quantitative estimate of drug-likeness (QED) is 0.434. The molecule has 0 aliphatic heterocycles. The highest BCUT2D eigenvalue weighted by atomic mass is 16.6. The number of hydrogen-bond donors (Lipinski definition) is 1. The van der Waals surface area contributed by atoms with E-state index < -0.39 is 10.8 Å². The fourth-order valence-electron chi connectivity index (χ4n) is 2.04. The van der Waals surface area contributed by atoms with Gasteiger partial charge in [0.05, 0.1) is 11.1 Å². The molecule has 120 valence electrons. The number of amides is 1. The van der Waals surface area contributed by atoms with E-state index in [0.717, 1.165) is 0 Å². The van der Waals surface area contributed by atoms with Gasteiger partial charge in [-0.3, -0.25) is 14.9 Å². The van der Waals surface area contributed by atoms with Gasteiger partial charge in [-0.25, -0.2) is 5.43 Å². The second-order valence-corrected chi connectivity index (χ2v) is 4.86. The predicted octanol–water partition coefficient (Wildman–Crippen LogP) is 1.49. The van der Waals surface area contributed by atoms with Gasteiger partial charge in [0.15, 0.2) is 0 Å². The van der Waals surface area contributed by atoms with E-state index in [1.807, 2.05) is 12.1 Å². The summed E-state index contributed by atoms with van der Waals surface area (Å²) in [6, 6.07) is 13.2. The third kappa shape index (κ3) is 3.58. The van der Waals surface area contributed by atoms with E-state index >= 15 is 0 Å². The molecule has 0 atom stereocenters. The molecule has 0 spiro atoms. The maximum absolute atomic E-state index is 11.8. The topological polar surface area (TPSA) is 115 Å². The van der Waals surface area contributed by atoms with Crippen LogP contribution < -0.4 is 5.43 Å². The molecule has 3 rings (SSSR count). The first-order valence-electron chi connectivity index (χ1n) is 6.98. The zero-order valence-electron chi connectivity index (χ0n) is 12.4. The molecule has 2 aromatic carbocycles. The Hall–Kier alpha value is -3.62. The monoisotopic (exact) mass is 324 g/mol. The number of nitro benzene ring substituents is 1. The summed E-state index contributed by atoms with van der Waals surface area (Å²) in [6.45, 7) is -0.0824. The van der Waals surface area contributed by atoms with Crippen LogP contribution in [0.2, 0.25) is 0 Å². The number of aromatic nitrogens is 3. The first kappa shape index (κ1) is 15.3. The molecule has 9 nitrogen and oxygen atoms in total. The molecule has 24 heavy (non-hydrogen) atoms. The summed E-state index contributed by atoms with van der Waals surface area (Å²) in [7, 11) is 0. The van der Waals surface area contributed by atoms with Gasteiger partial charge >= 0.3 is 0 Å². The number of nitro groups is 1. The second-order valence-electron chi connectivity index (χ2n) is 4.86. The lowest BCUT2D eigenvalue weighted by Gasteiger charge is -1.98. The van der Waals surface area contributed by atoms with Crippen LogP contribution in [0.25, 0.3) is 11.0 Å². The summed E-state index contributed by atoms with van der Waals surface area (Å²) in [4.78, 5) is 23.3. The molecule has 1 N–H and O–H groups in total. The van der Waals surface area contributed by atoms with Crippen LogP contribution in [0.1, 0.15) is 5.56 Å². The minimum absolute atomic E-state index is 0.0438. The molecule has 1 heterocycles. The maximum atomic E-state index is 11.8. The number of hydrogen-bond acceptors (Lipinski definition) is 6. The van der Waals surface area contributed by atoms with Crippen LogP contribution in [0.5, 0.6) is 0 Å². The summed E-state index contributed by atoms with van der Waals surface area (Å²) in [5, 5.41) is 22.8. The fourth-order valence-corrected chi connectivity index (χ4v) is 2.04. The lowest BCUT2D eigenvalue weighted by molar-refractivity contribution is -0.384. The van der Waals surface area contributed by atoms with Gasteiger partial charge in [-0.1, -0.05) is 24.3 Å².